The first-order valence-corrected chi connectivity index (χ1v) is 23.8. The average Bonchev–Trinajstić information content (AvgIpc) is 3.85. The Labute approximate surface area is 408 Å². The lowest BCUT2D eigenvalue weighted by Crippen LogP contribution is -2.33. The van der Waals surface area contributed by atoms with Gasteiger partial charge in [0.1, 0.15) is 48.3 Å². The van der Waals surface area contributed by atoms with Gasteiger partial charge in [0, 0.05) is 43.9 Å². The van der Waals surface area contributed by atoms with Crippen molar-refractivity contribution in [1.82, 2.24) is 18.7 Å². The topological polar surface area (TPSA) is 163 Å². The third-order valence-electron chi connectivity index (χ3n) is 13.5. The lowest BCUT2D eigenvalue weighted by molar-refractivity contribution is 0.0244. The highest BCUT2D eigenvalue weighted by Gasteiger charge is 2.51. The third-order valence-corrected chi connectivity index (χ3v) is 13.5. The summed E-state index contributed by atoms with van der Waals surface area (Å²) in [6.07, 6.45) is -1.92. The summed E-state index contributed by atoms with van der Waals surface area (Å²) < 4.78 is 26.2. The Bertz CT molecular complexity index is 2990. The Hall–Kier alpha value is -7.29. The van der Waals surface area contributed by atoms with Gasteiger partial charge < -0.3 is 35.1 Å². The van der Waals surface area contributed by atoms with Crippen molar-refractivity contribution in [3.63, 3.8) is 0 Å². The summed E-state index contributed by atoms with van der Waals surface area (Å²) in [5, 5.41) is 28.8. The summed E-state index contributed by atoms with van der Waals surface area (Å²) in [5.41, 5.74) is 8.09. The molecule has 0 aliphatic carbocycles. The predicted molar refractivity (Wildman–Crippen MR) is 274 cm³/mol. The van der Waals surface area contributed by atoms with Crippen LogP contribution in [0.1, 0.15) is 100 Å². The van der Waals surface area contributed by atoms with E-state index in [1.54, 1.807) is 24.8 Å². The number of hydrogen-bond donors (Lipinski definition) is 4. The van der Waals surface area contributed by atoms with Gasteiger partial charge in [0.2, 0.25) is 0 Å². The molecule has 2 unspecified atom stereocenters. The van der Waals surface area contributed by atoms with Gasteiger partial charge in [-0.15, -0.1) is 0 Å². The van der Waals surface area contributed by atoms with Crippen LogP contribution in [0.15, 0.2) is 119 Å². The maximum atomic E-state index is 14.1. The van der Waals surface area contributed by atoms with Gasteiger partial charge in [-0.25, -0.2) is 14.2 Å². The number of aryl methyl sites for hydroxylation is 2. The number of benzene rings is 5. The molecule has 1 aliphatic heterocycles. The van der Waals surface area contributed by atoms with Gasteiger partial charge in [0.05, 0.1) is 28.3 Å². The molecular formula is C56H64N6O8. The number of cyclic esters (lactones) is 1. The van der Waals surface area contributed by atoms with E-state index in [2.05, 4.69) is 38.3 Å². The normalized spacial score (nSPS) is 15.3. The molecule has 7 aromatic rings. The highest BCUT2D eigenvalue weighted by molar-refractivity contribution is 5.96. The van der Waals surface area contributed by atoms with E-state index in [0.717, 1.165) is 61.7 Å². The molecular weight excluding hydrogens is 885 g/mol. The largest absolute Gasteiger partial charge is 0.491 e. The van der Waals surface area contributed by atoms with Gasteiger partial charge in [0.25, 0.3) is 11.1 Å². The number of esters is 1. The van der Waals surface area contributed by atoms with E-state index < -0.39 is 23.8 Å². The maximum absolute atomic E-state index is 14.1. The zero-order valence-corrected chi connectivity index (χ0v) is 41.7. The van der Waals surface area contributed by atoms with Crippen molar-refractivity contribution in [1.29, 1.82) is 0 Å². The molecule has 0 radical (unpaired) electrons. The lowest BCUT2D eigenvalue weighted by atomic mass is 9.72. The number of nitrogens with zero attached hydrogens (tertiary/aromatic N) is 4. The zero-order chi connectivity index (χ0) is 50.2. The molecule has 5 aromatic carbocycles. The molecule has 2 atom stereocenters. The monoisotopic (exact) mass is 948 g/mol. The lowest BCUT2D eigenvalue weighted by Gasteiger charge is -2.36. The fourth-order valence-corrected chi connectivity index (χ4v) is 9.52. The van der Waals surface area contributed by atoms with Crippen LogP contribution in [0.4, 0.5) is 11.4 Å². The first-order valence-electron chi connectivity index (χ1n) is 23.8. The molecule has 14 nitrogen and oxygen atoms in total. The van der Waals surface area contributed by atoms with Crippen LogP contribution in [0.5, 0.6) is 11.5 Å². The molecule has 3 heterocycles. The standard InChI is InChI=1S/C56H64N6O8/c1-33(2)44-27-49(68-31-41(63)29-57-51-37(7)59(9)61(53(51)65)39-19-13-11-14-20-39)35(5)25-47(44)56(46-24-18-17-23-43(46)55(67)70-56)48-26-36(6)50(28-45(48)34(3)4)69-32-42(64)30-58-52-38(8)60(10)62(54(52)66)40-21-15-12-16-22-40/h11-28,33-34,41-42,57-58,63-64H,29-32H2,1-10H3. The Balaban J connectivity index is 1.06. The number of anilines is 2. The Morgan fingerprint density at radius 2 is 0.971 bits per heavy atom. The summed E-state index contributed by atoms with van der Waals surface area (Å²) in [6, 6.07) is 34.3. The number of hydrogen-bond acceptors (Lipinski definition) is 10. The minimum atomic E-state index is -1.35. The molecule has 0 saturated carbocycles. The molecule has 0 saturated heterocycles. The summed E-state index contributed by atoms with van der Waals surface area (Å²) in [4.78, 5) is 41.0. The van der Waals surface area contributed by atoms with E-state index in [0.29, 0.717) is 28.4 Å². The first kappa shape index (κ1) is 49.1. The van der Waals surface area contributed by atoms with Gasteiger partial charge in [0.15, 0.2) is 5.60 Å². The van der Waals surface area contributed by atoms with E-state index in [1.807, 2.05) is 145 Å². The number of para-hydroxylation sites is 2. The number of nitrogens with one attached hydrogen (secondary N) is 2. The fourth-order valence-electron chi connectivity index (χ4n) is 9.52. The van der Waals surface area contributed by atoms with E-state index in [4.69, 9.17) is 14.2 Å². The predicted octanol–water partition coefficient (Wildman–Crippen LogP) is 8.31. The summed E-state index contributed by atoms with van der Waals surface area (Å²) in [6.45, 7) is 16.0. The second-order valence-corrected chi connectivity index (χ2v) is 18.9. The summed E-state index contributed by atoms with van der Waals surface area (Å²) in [7, 11) is 3.65. The fraction of sp³-hybridized carbons (Fsp3) is 0.339. The Morgan fingerprint density at radius 1 is 0.571 bits per heavy atom. The number of aliphatic hydroxyl groups is 2. The van der Waals surface area contributed by atoms with Crippen molar-refractivity contribution < 1.29 is 29.2 Å². The van der Waals surface area contributed by atoms with Crippen molar-refractivity contribution in [3.05, 3.63) is 186 Å². The van der Waals surface area contributed by atoms with Crippen LogP contribution >= 0.6 is 0 Å². The minimum Gasteiger partial charge on any atom is -0.491 e. The second-order valence-electron chi connectivity index (χ2n) is 18.9. The van der Waals surface area contributed by atoms with Crippen LogP contribution in [-0.2, 0) is 24.4 Å². The van der Waals surface area contributed by atoms with Gasteiger partial charge in [-0.3, -0.25) is 19.0 Å². The molecule has 366 valence electrons. The van der Waals surface area contributed by atoms with E-state index in [9.17, 15) is 24.6 Å². The third kappa shape index (κ3) is 9.04. The van der Waals surface area contributed by atoms with Crippen LogP contribution < -0.4 is 31.2 Å². The number of carbonyl (C=O) groups excluding carboxylic acids is 1. The number of carbonyl (C=O) groups is 1. The van der Waals surface area contributed by atoms with Crippen LogP contribution in [0.2, 0.25) is 0 Å². The van der Waals surface area contributed by atoms with Gasteiger partial charge in [-0.05, 0) is 116 Å². The second kappa shape index (κ2) is 20.0. The van der Waals surface area contributed by atoms with Crippen molar-refractivity contribution >= 4 is 17.3 Å². The smallest absolute Gasteiger partial charge is 0.340 e. The Morgan fingerprint density at radius 3 is 1.39 bits per heavy atom. The quantitative estimate of drug-likeness (QED) is 0.0616. The molecule has 4 N–H and O–H groups in total. The maximum Gasteiger partial charge on any atom is 0.340 e. The molecule has 0 fully saturated rings. The number of aliphatic hydroxyl groups excluding tert-OH is 2. The van der Waals surface area contributed by atoms with Crippen LogP contribution in [-0.4, -0.2) is 73.4 Å². The van der Waals surface area contributed by atoms with E-state index in [1.165, 1.54) is 0 Å². The van der Waals surface area contributed by atoms with Gasteiger partial charge >= 0.3 is 5.97 Å². The molecule has 0 spiro atoms. The zero-order valence-electron chi connectivity index (χ0n) is 41.7. The van der Waals surface area contributed by atoms with Gasteiger partial charge in [-0.2, -0.15) is 0 Å². The van der Waals surface area contributed by atoms with Crippen molar-refractivity contribution in [2.24, 2.45) is 14.1 Å². The molecule has 0 bridgehead atoms. The highest BCUT2D eigenvalue weighted by Crippen LogP contribution is 2.52. The molecule has 0 amide bonds. The highest BCUT2D eigenvalue weighted by atomic mass is 16.6. The summed E-state index contributed by atoms with van der Waals surface area (Å²) in [5.74, 6) is 0.604. The number of fused-ring (bicyclic) bond motifs is 1. The van der Waals surface area contributed by atoms with E-state index in [-0.39, 0.29) is 49.3 Å². The molecule has 70 heavy (non-hydrogen) atoms. The van der Waals surface area contributed by atoms with Crippen molar-refractivity contribution in [2.45, 2.75) is 85.0 Å². The summed E-state index contributed by atoms with van der Waals surface area (Å²) >= 11 is 0. The molecule has 14 heteroatoms. The number of aromatic nitrogens is 4. The number of ether oxygens (including phenoxy) is 3. The van der Waals surface area contributed by atoms with Gasteiger partial charge in [-0.1, -0.05) is 82.3 Å². The Kier molecular flexibility index (Phi) is 14.0. The van der Waals surface area contributed by atoms with Crippen molar-refractivity contribution in [3.8, 4) is 22.9 Å². The van der Waals surface area contributed by atoms with E-state index >= 15 is 0 Å². The number of rotatable bonds is 18. The van der Waals surface area contributed by atoms with Crippen LogP contribution in [0, 0.1) is 27.7 Å². The molecule has 2 aromatic heterocycles. The van der Waals surface area contributed by atoms with Crippen molar-refractivity contribution in [2.75, 3.05) is 36.9 Å². The minimum absolute atomic E-state index is 0.0464. The average molecular weight is 949 g/mol. The first-order chi connectivity index (χ1) is 33.4. The SMILES string of the molecule is Cc1cc(C2(c3cc(C)c(OCC(O)CNc4c(C)n(C)n(-c5ccccc5)c4=O)cc3C(C)C)OC(=O)c3ccccc32)c(C(C)C)cc1OCC(O)CNc1c(C)n(C)n(-c2ccccc2)c1=O. The van der Waals surface area contributed by atoms with Crippen LogP contribution in [0.25, 0.3) is 11.4 Å². The molecule has 1 aliphatic rings. The van der Waals surface area contributed by atoms with Crippen LogP contribution in [0.3, 0.4) is 0 Å². The molecule has 8 rings (SSSR count).